The van der Waals surface area contributed by atoms with Gasteiger partial charge in [0.15, 0.2) is 0 Å². The Morgan fingerprint density at radius 3 is 1.70 bits per heavy atom. The van der Waals surface area contributed by atoms with E-state index in [0.717, 1.165) is 0 Å². The number of carbonyl (C=O) groups is 1. The first kappa shape index (κ1) is 9.47. The third kappa shape index (κ3) is 2.38. The lowest BCUT2D eigenvalue weighted by Gasteiger charge is -2.19. The van der Waals surface area contributed by atoms with E-state index in [2.05, 4.69) is 20.8 Å². The maximum atomic E-state index is 10.7. The molecule has 0 aromatic carbocycles. The van der Waals surface area contributed by atoms with E-state index in [1.807, 2.05) is 6.92 Å². The monoisotopic (exact) mass is 143 g/mol. The molecule has 1 unspecified atom stereocenters. The van der Waals surface area contributed by atoms with Gasteiger partial charge in [-0.3, -0.25) is 4.79 Å². The highest BCUT2D eigenvalue weighted by Crippen LogP contribution is 2.18. The molecule has 2 atom stereocenters. The largest absolute Gasteiger partial charge is 0.369 e. The van der Waals surface area contributed by atoms with Crippen molar-refractivity contribution in [3.63, 3.8) is 0 Å². The van der Waals surface area contributed by atoms with Gasteiger partial charge >= 0.3 is 0 Å². The molecule has 0 aliphatic carbocycles. The molecule has 2 nitrogen and oxygen atoms in total. The van der Waals surface area contributed by atoms with Crippen molar-refractivity contribution in [3.05, 3.63) is 0 Å². The molecule has 2 heteroatoms. The molecular formula is C8H17NO. The number of nitrogens with two attached hydrogens (primary N) is 1. The van der Waals surface area contributed by atoms with Gasteiger partial charge in [-0.2, -0.15) is 0 Å². The molecule has 0 radical (unpaired) electrons. The van der Waals surface area contributed by atoms with E-state index in [1.54, 1.807) is 0 Å². The van der Waals surface area contributed by atoms with E-state index in [9.17, 15) is 4.79 Å². The fourth-order valence-corrected chi connectivity index (χ4v) is 0.836. The van der Waals surface area contributed by atoms with Crippen LogP contribution in [-0.2, 0) is 4.79 Å². The lowest BCUT2D eigenvalue weighted by Crippen LogP contribution is -2.28. The number of carbonyl (C=O) groups excluding carboxylic acids is 1. The Morgan fingerprint density at radius 1 is 1.20 bits per heavy atom. The molecule has 0 saturated carbocycles. The molecule has 0 heterocycles. The highest BCUT2D eigenvalue weighted by atomic mass is 16.1. The molecule has 0 aliphatic rings. The molecule has 0 saturated heterocycles. The van der Waals surface area contributed by atoms with Gasteiger partial charge in [0.2, 0.25) is 5.91 Å². The predicted molar refractivity (Wildman–Crippen MR) is 42.4 cm³/mol. The lowest BCUT2D eigenvalue weighted by molar-refractivity contribution is -0.123. The summed E-state index contributed by atoms with van der Waals surface area (Å²) in [7, 11) is 0. The molecule has 0 aromatic heterocycles. The van der Waals surface area contributed by atoms with Crippen LogP contribution in [0.15, 0.2) is 0 Å². The predicted octanol–water partition coefficient (Wildman–Crippen LogP) is 1.40. The minimum absolute atomic E-state index is 0.000000000000000222. The van der Waals surface area contributed by atoms with Crippen LogP contribution < -0.4 is 5.73 Å². The number of hydrogen-bond donors (Lipinski definition) is 1. The molecule has 60 valence electrons. The van der Waals surface area contributed by atoms with E-state index >= 15 is 0 Å². The summed E-state index contributed by atoms with van der Waals surface area (Å²) in [4.78, 5) is 10.7. The van der Waals surface area contributed by atoms with Gasteiger partial charge in [0, 0.05) is 5.92 Å². The van der Waals surface area contributed by atoms with Gasteiger partial charge in [0.1, 0.15) is 0 Å². The van der Waals surface area contributed by atoms with E-state index in [-0.39, 0.29) is 11.8 Å². The second-order valence-corrected chi connectivity index (χ2v) is 3.29. The van der Waals surface area contributed by atoms with Gasteiger partial charge in [-0.05, 0) is 11.8 Å². The van der Waals surface area contributed by atoms with Gasteiger partial charge in [0.25, 0.3) is 0 Å². The van der Waals surface area contributed by atoms with Gasteiger partial charge in [-0.25, -0.2) is 0 Å². The minimum atomic E-state index is -0.193. The Labute approximate surface area is 62.8 Å². The van der Waals surface area contributed by atoms with Crippen molar-refractivity contribution in [2.24, 2.45) is 23.5 Å². The summed E-state index contributed by atoms with van der Waals surface area (Å²) in [6.07, 6.45) is 0. The highest BCUT2D eigenvalue weighted by Gasteiger charge is 2.19. The maximum Gasteiger partial charge on any atom is 0.220 e. The van der Waals surface area contributed by atoms with Crippen molar-refractivity contribution in [2.45, 2.75) is 27.7 Å². The molecule has 0 fully saturated rings. The van der Waals surface area contributed by atoms with Crippen molar-refractivity contribution in [1.29, 1.82) is 0 Å². The average Bonchev–Trinajstić information content (AvgIpc) is 1.84. The van der Waals surface area contributed by atoms with Crippen LogP contribution in [0.25, 0.3) is 0 Å². The standard InChI is InChI=1S/C8H17NO/c1-5(2)6(3)7(4)8(9)10/h5-7H,1-4H3,(H2,9,10)/t6-,7?/m1/s1. The molecular weight excluding hydrogens is 126 g/mol. The topological polar surface area (TPSA) is 43.1 Å². The fraction of sp³-hybridized carbons (Fsp3) is 0.875. The Balaban J connectivity index is 3.94. The highest BCUT2D eigenvalue weighted by molar-refractivity contribution is 5.76. The van der Waals surface area contributed by atoms with Crippen molar-refractivity contribution >= 4 is 5.91 Å². The maximum absolute atomic E-state index is 10.7. The second-order valence-electron chi connectivity index (χ2n) is 3.29. The summed E-state index contributed by atoms with van der Waals surface area (Å²) < 4.78 is 0. The number of hydrogen-bond acceptors (Lipinski definition) is 1. The molecule has 0 aliphatic heterocycles. The van der Waals surface area contributed by atoms with Crippen molar-refractivity contribution in [1.82, 2.24) is 0 Å². The van der Waals surface area contributed by atoms with Gasteiger partial charge in [0.05, 0.1) is 0 Å². The first-order valence-electron chi connectivity index (χ1n) is 3.76. The summed E-state index contributed by atoms with van der Waals surface area (Å²) in [5, 5.41) is 0. The average molecular weight is 143 g/mol. The van der Waals surface area contributed by atoms with Crippen molar-refractivity contribution in [2.75, 3.05) is 0 Å². The molecule has 0 rings (SSSR count). The van der Waals surface area contributed by atoms with Crippen LogP contribution >= 0.6 is 0 Å². The fourth-order valence-electron chi connectivity index (χ4n) is 0.836. The zero-order valence-corrected chi connectivity index (χ0v) is 7.22. The van der Waals surface area contributed by atoms with Crippen LogP contribution in [0.2, 0.25) is 0 Å². The summed E-state index contributed by atoms with van der Waals surface area (Å²) in [5.74, 6) is 0.723. The molecule has 0 bridgehead atoms. The first-order valence-corrected chi connectivity index (χ1v) is 3.76. The SMILES string of the molecule is CC(C)[C@@H](C)C(C)C(N)=O. The Bertz CT molecular complexity index is 120. The zero-order valence-electron chi connectivity index (χ0n) is 7.22. The normalized spacial score (nSPS) is 16.9. The Hall–Kier alpha value is -0.530. The molecule has 2 N–H and O–H groups in total. The van der Waals surface area contributed by atoms with Crippen LogP contribution in [0, 0.1) is 17.8 Å². The summed E-state index contributed by atoms with van der Waals surface area (Å²) >= 11 is 0. The van der Waals surface area contributed by atoms with Crippen LogP contribution in [-0.4, -0.2) is 5.91 Å². The molecule has 0 aromatic rings. The molecule has 0 spiro atoms. The number of primary amides is 1. The molecule has 1 amide bonds. The van der Waals surface area contributed by atoms with Crippen molar-refractivity contribution in [3.8, 4) is 0 Å². The van der Waals surface area contributed by atoms with Crippen LogP contribution in [0.5, 0.6) is 0 Å². The lowest BCUT2D eigenvalue weighted by atomic mass is 9.86. The van der Waals surface area contributed by atoms with Crippen LogP contribution in [0.3, 0.4) is 0 Å². The van der Waals surface area contributed by atoms with Crippen molar-refractivity contribution < 1.29 is 4.79 Å². The van der Waals surface area contributed by atoms with E-state index < -0.39 is 0 Å². The Kier molecular flexibility index (Phi) is 3.40. The summed E-state index contributed by atoms with van der Waals surface area (Å²) in [6.45, 7) is 8.14. The van der Waals surface area contributed by atoms with E-state index in [4.69, 9.17) is 5.73 Å². The Morgan fingerprint density at radius 2 is 1.60 bits per heavy atom. The molecule has 10 heavy (non-hydrogen) atoms. The van der Waals surface area contributed by atoms with Crippen LogP contribution in [0.1, 0.15) is 27.7 Å². The third-order valence-corrected chi connectivity index (χ3v) is 2.29. The van der Waals surface area contributed by atoms with Crippen LogP contribution in [0.4, 0.5) is 0 Å². The quantitative estimate of drug-likeness (QED) is 0.637. The smallest absolute Gasteiger partial charge is 0.220 e. The van der Waals surface area contributed by atoms with E-state index in [0.29, 0.717) is 11.8 Å². The second kappa shape index (κ2) is 3.59. The zero-order chi connectivity index (χ0) is 8.31. The summed E-state index contributed by atoms with van der Waals surface area (Å²) in [6, 6.07) is 0. The summed E-state index contributed by atoms with van der Waals surface area (Å²) in [5.41, 5.74) is 5.14. The van der Waals surface area contributed by atoms with E-state index in [1.165, 1.54) is 0 Å². The first-order chi connectivity index (χ1) is 4.46. The number of rotatable bonds is 3. The minimum Gasteiger partial charge on any atom is -0.369 e. The van der Waals surface area contributed by atoms with Gasteiger partial charge in [-0.1, -0.05) is 27.7 Å². The third-order valence-electron chi connectivity index (χ3n) is 2.29. The van der Waals surface area contributed by atoms with Gasteiger partial charge < -0.3 is 5.73 Å². The van der Waals surface area contributed by atoms with Gasteiger partial charge in [-0.15, -0.1) is 0 Å². The number of amides is 1.